The van der Waals surface area contributed by atoms with E-state index in [1.807, 2.05) is 38.5 Å². The molecule has 0 spiro atoms. The van der Waals surface area contributed by atoms with Gasteiger partial charge in [-0.25, -0.2) is 9.97 Å². The SMILES string of the molecule is CCCCCc1nc(Cc2cn3ccsc3n2)n(-c2ccnn2C)n1. The molecule has 8 heteroatoms. The molecule has 0 saturated heterocycles. The van der Waals surface area contributed by atoms with Crippen LogP contribution in [-0.4, -0.2) is 33.9 Å². The summed E-state index contributed by atoms with van der Waals surface area (Å²) in [7, 11) is 1.92. The van der Waals surface area contributed by atoms with Crippen LogP contribution in [0.1, 0.15) is 43.5 Å². The van der Waals surface area contributed by atoms with Crippen LogP contribution < -0.4 is 0 Å². The third-order valence-corrected chi connectivity index (χ3v) is 4.99. The molecular weight excluding hydrogens is 334 g/mol. The second-order valence-corrected chi connectivity index (χ2v) is 7.00. The second-order valence-electron chi connectivity index (χ2n) is 6.13. The summed E-state index contributed by atoms with van der Waals surface area (Å²) in [5.74, 6) is 2.72. The Morgan fingerprint density at radius 1 is 1.20 bits per heavy atom. The van der Waals surface area contributed by atoms with Crippen LogP contribution in [0.5, 0.6) is 0 Å². The normalized spacial score (nSPS) is 11.6. The van der Waals surface area contributed by atoms with Gasteiger partial charge in [0.1, 0.15) is 5.82 Å². The van der Waals surface area contributed by atoms with Crippen molar-refractivity contribution in [3.63, 3.8) is 0 Å². The Balaban J connectivity index is 1.66. The Hall–Kier alpha value is -2.48. The number of thiazole rings is 1. The van der Waals surface area contributed by atoms with E-state index in [4.69, 9.17) is 10.1 Å². The lowest BCUT2D eigenvalue weighted by atomic mass is 10.2. The quantitative estimate of drug-likeness (QED) is 0.478. The topological polar surface area (TPSA) is 65.8 Å². The highest BCUT2D eigenvalue weighted by molar-refractivity contribution is 7.15. The molecule has 0 radical (unpaired) electrons. The number of imidazole rings is 1. The van der Waals surface area contributed by atoms with E-state index in [0.29, 0.717) is 6.42 Å². The summed E-state index contributed by atoms with van der Waals surface area (Å²) >= 11 is 1.64. The zero-order chi connectivity index (χ0) is 17.2. The average Bonchev–Trinajstić information content (AvgIpc) is 3.32. The van der Waals surface area contributed by atoms with Crippen molar-refractivity contribution in [2.75, 3.05) is 0 Å². The number of unbranched alkanes of at least 4 members (excludes halogenated alkanes) is 2. The van der Waals surface area contributed by atoms with E-state index in [1.165, 1.54) is 12.8 Å². The van der Waals surface area contributed by atoms with Gasteiger partial charge in [-0.05, 0) is 6.42 Å². The highest BCUT2D eigenvalue weighted by atomic mass is 32.1. The number of nitrogens with zero attached hydrogens (tertiary/aromatic N) is 7. The monoisotopic (exact) mass is 355 g/mol. The van der Waals surface area contributed by atoms with Crippen molar-refractivity contribution in [2.45, 2.75) is 39.0 Å². The first-order valence-electron chi connectivity index (χ1n) is 8.59. The van der Waals surface area contributed by atoms with E-state index < -0.39 is 0 Å². The molecule has 0 aliphatic rings. The average molecular weight is 355 g/mol. The van der Waals surface area contributed by atoms with Gasteiger partial charge in [-0.2, -0.15) is 9.78 Å². The van der Waals surface area contributed by atoms with Gasteiger partial charge in [0.2, 0.25) is 0 Å². The molecule has 0 saturated carbocycles. The van der Waals surface area contributed by atoms with Gasteiger partial charge in [-0.15, -0.1) is 16.4 Å². The molecular formula is C17H21N7S. The fourth-order valence-electron chi connectivity index (χ4n) is 2.93. The Bertz CT molecular complexity index is 946. The summed E-state index contributed by atoms with van der Waals surface area (Å²) in [6, 6.07) is 1.96. The minimum atomic E-state index is 0.653. The Morgan fingerprint density at radius 2 is 2.12 bits per heavy atom. The Kier molecular flexibility index (Phi) is 4.35. The van der Waals surface area contributed by atoms with E-state index in [-0.39, 0.29) is 0 Å². The molecule has 4 aromatic heterocycles. The smallest absolute Gasteiger partial charge is 0.193 e. The number of aryl methyl sites for hydroxylation is 2. The minimum absolute atomic E-state index is 0.653. The van der Waals surface area contributed by atoms with Gasteiger partial charge in [0, 0.05) is 37.3 Å². The molecule has 0 aliphatic heterocycles. The van der Waals surface area contributed by atoms with Crippen molar-refractivity contribution >= 4 is 16.3 Å². The fourth-order valence-corrected chi connectivity index (χ4v) is 3.65. The molecule has 130 valence electrons. The summed E-state index contributed by atoms with van der Waals surface area (Å²) < 4.78 is 5.77. The van der Waals surface area contributed by atoms with Crippen LogP contribution in [0.4, 0.5) is 0 Å². The first-order valence-corrected chi connectivity index (χ1v) is 9.47. The van der Waals surface area contributed by atoms with Crippen LogP contribution in [0.15, 0.2) is 30.0 Å². The second kappa shape index (κ2) is 6.79. The molecule has 25 heavy (non-hydrogen) atoms. The molecule has 0 N–H and O–H groups in total. The Labute approximate surface area is 150 Å². The third kappa shape index (κ3) is 3.21. The van der Waals surface area contributed by atoms with Crippen molar-refractivity contribution in [1.82, 2.24) is 33.9 Å². The highest BCUT2D eigenvalue weighted by Gasteiger charge is 2.16. The van der Waals surface area contributed by atoms with Crippen molar-refractivity contribution in [2.24, 2.45) is 7.05 Å². The first-order chi connectivity index (χ1) is 12.2. The molecule has 0 atom stereocenters. The number of aromatic nitrogens is 7. The van der Waals surface area contributed by atoms with E-state index in [9.17, 15) is 0 Å². The van der Waals surface area contributed by atoms with Crippen molar-refractivity contribution in [3.8, 4) is 5.82 Å². The van der Waals surface area contributed by atoms with Crippen LogP contribution in [0, 0.1) is 0 Å². The molecule has 4 aromatic rings. The number of hydrogen-bond donors (Lipinski definition) is 0. The zero-order valence-corrected chi connectivity index (χ0v) is 15.3. The maximum Gasteiger partial charge on any atom is 0.193 e. The highest BCUT2D eigenvalue weighted by Crippen LogP contribution is 2.17. The maximum atomic E-state index is 4.79. The van der Waals surface area contributed by atoms with Gasteiger partial charge in [0.25, 0.3) is 0 Å². The Morgan fingerprint density at radius 3 is 2.88 bits per heavy atom. The lowest BCUT2D eigenvalue weighted by Gasteiger charge is -2.04. The molecule has 0 amide bonds. The summed E-state index contributed by atoms with van der Waals surface area (Å²) in [5, 5.41) is 11.0. The van der Waals surface area contributed by atoms with Crippen LogP contribution in [0.25, 0.3) is 10.8 Å². The van der Waals surface area contributed by atoms with E-state index >= 15 is 0 Å². The van der Waals surface area contributed by atoms with E-state index in [0.717, 1.165) is 41.0 Å². The van der Waals surface area contributed by atoms with Crippen molar-refractivity contribution in [1.29, 1.82) is 0 Å². The first kappa shape index (κ1) is 16.0. The number of rotatable bonds is 7. The van der Waals surface area contributed by atoms with Crippen LogP contribution >= 0.6 is 11.3 Å². The predicted octanol–water partition coefficient (Wildman–Crippen LogP) is 3.03. The molecule has 0 bridgehead atoms. The number of hydrogen-bond acceptors (Lipinski definition) is 5. The minimum Gasteiger partial charge on any atom is -0.297 e. The molecule has 0 fully saturated rings. The van der Waals surface area contributed by atoms with Gasteiger partial charge in [-0.1, -0.05) is 19.8 Å². The van der Waals surface area contributed by atoms with Gasteiger partial charge in [-0.3, -0.25) is 9.08 Å². The summed E-state index contributed by atoms with van der Waals surface area (Å²) in [6.45, 7) is 2.21. The van der Waals surface area contributed by atoms with Crippen LogP contribution in [-0.2, 0) is 19.9 Å². The molecule has 0 aliphatic carbocycles. The lowest BCUT2D eigenvalue weighted by Crippen LogP contribution is -2.09. The van der Waals surface area contributed by atoms with Crippen LogP contribution in [0.2, 0.25) is 0 Å². The standard InChI is InChI=1S/C17H21N7S/c1-3-4-5-6-14-20-15(24(21-14)16-7-8-18-22(16)2)11-13-12-23-9-10-25-17(23)19-13/h7-10,12H,3-6,11H2,1-2H3. The third-order valence-electron chi connectivity index (χ3n) is 4.22. The molecule has 7 nitrogen and oxygen atoms in total. The predicted molar refractivity (Wildman–Crippen MR) is 97.2 cm³/mol. The largest absolute Gasteiger partial charge is 0.297 e. The molecule has 0 aromatic carbocycles. The van der Waals surface area contributed by atoms with Gasteiger partial charge in [0.05, 0.1) is 18.3 Å². The molecule has 4 heterocycles. The van der Waals surface area contributed by atoms with Gasteiger partial charge >= 0.3 is 0 Å². The zero-order valence-electron chi connectivity index (χ0n) is 14.5. The summed E-state index contributed by atoms with van der Waals surface area (Å²) in [6.07, 6.45) is 10.9. The maximum absolute atomic E-state index is 4.79. The van der Waals surface area contributed by atoms with E-state index in [2.05, 4.69) is 23.2 Å². The molecule has 0 unspecified atom stereocenters. The van der Waals surface area contributed by atoms with Gasteiger partial charge < -0.3 is 0 Å². The summed E-state index contributed by atoms with van der Waals surface area (Å²) in [4.78, 5) is 10.5. The van der Waals surface area contributed by atoms with Crippen molar-refractivity contribution < 1.29 is 0 Å². The van der Waals surface area contributed by atoms with Crippen molar-refractivity contribution in [3.05, 3.63) is 47.4 Å². The van der Waals surface area contributed by atoms with Gasteiger partial charge in [0.15, 0.2) is 16.6 Å². The molecule has 4 rings (SSSR count). The summed E-state index contributed by atoms with van der Waals surface area (Å²) in [5.41, 5.74) is 1.00. The van der Waals surface area contributed by atoms with Crippen LogP contribution in [0.3, 0.4) is 0 Å². The number of fused-ring (bicyclic) bond motifs is 1. The lowest BCUT2D eigenvalue weighted by molar-refractivity contribution is 0.663. The fraction of sp³-hybridized carbons (Fsp3) is 0.412. The van der Waals surface area contributed by atoms with E-state index in [1.54, 1.807) is 17.5 Å².